The average molecular weight is 298 g/mol. The zero-order chi connectivity index (χ0) is 15.4. The van der Waals surface area contributed by atoms with Crippen molar-refractivity contribution < 1.29 is 0 Å². The number of piperazine rings is 1. The van der Waals surface area contributed by atoms with E-state index in [0.29, 0.717) is 11.4 Å². The fourth-order valence-corrected chi connectivity index (χ4v) is 2.69. The molecular weight excluding hydrogens is 276 g/mol. The summed E-state index contributed by atoms with van der Waals surface area (Å²) in [5.41, 5.74) is 14.2. The highest BCUT2D eigenvalue weighted by Gasteiger charge is 2.18. The summed E-state index contributed by atoms with van der Waals surface area (Å²) in [6, 6.07) is 7.76. The first-order valence-corrected chi connectivity index (χ1v) is 7.60. The number of aromatic nitrogens is 2. The van der Waals surface area contributed by atoms with Crippen LogP contribution in [-0.4, -0.2) is 47.6 Å². The van der Waals surface area contributed by atoms with Crippen LogP contribution in [0.1, 0.15) is 5.56 Å². The van der Waals surface area contributed by atoms with Crippen molar-refractivity contribution >= 4 is 17.3 Å². The third-order valence-electron chi connectivity index (χ3n) is 4.08. The molecule has 1 aromatic carbocycles. The van der Waals surface area contributed by atoms with Crippen molar-refractivity contribution in [2.75, 3.05) is 49.1 Å². The number of nitrogens with two attached hydrogens (primary N) is 2. The smallest absolute Gasteiger partial charge is 0.225 e. The number of hydrogen-bond donors (Lipinski definition) is 2. The minimum atomic E-state index is 0.653. The molecule has 0 amide bonds. The van der Waals surface area contributed by atoms with Crippen molar-refractivity contribution in [3.8, 4) is 0 Å². The highest BCUT2D eigenvalue weighted by atomic mass is 15.3. The highest BCUT2D eigenvalue weighted by molar-refractivity contribution is 5.63. The molecule has 1 aliphatic heterocycles. The Balaban J connectivity index is 1.49. The maximum Gasteiger partial charge on any atom is 0.225 e. The molecule has 0 radical (unpaired) electrons. The lowest BCUT2D eigenvalue weighted by Gasteiger charge is -2.34. The normalized spacial score (nSPS) is 15.9. The molecule has 1 fully saturated rings. The van der Waals surface area contributed by atoms with Gasteiger partial charge in [-0.2, -0.15) is 0 Å². The number of nitrogen functional groups attached to an aromatic ring is 2. The molecule has 0 unspecified atom stereocenters. The first kappa shape index (κ1) is 14.6. The van der Waals surface area contributed by atoms with E-state index in [1.54, 1.807) is 12.4 Å². The Morgan fingerprint density at radius 1 is 0.955 bits per heavy atom. The second-order valence-corrected chi connectivity index (χ2v) is 5.59. The van der Waals surface area contributed by atoms with Crippen LogP contribution in [0.15, 0.2) is 36.7 Å². The van der Waals surface area contributed by atoms with Crippen LogP contribution in [0.4, 0.5) is 17.3 Å². The first-order valence-electron chi connectivity index (χ1n) is 7.60. The molecule has 1 aliphatic rings. The monoisotopic (exact) mass is 298 g/mol. The van der Waals surface area contributed by atoms with Gasteiger partial charge >= 0.3 is 0 Å². The van der Waals surface area contributed by atoms with Gasteiger partial charge in [-0.1, -0.05) is 6.07 Å². The molecule has 1 aromatic heterocycles. The van der Waals surface area contributed by atoms with E-state index in [4.69, 9.17) is 11.5 Å². The second-order valence-electron chi connectivity index (χ2n) is 5.59. The van der Waals surface area contributed by atoms with Gasteiger partial charge in [0.15, 0.2) is 0 Å². The Hall–Kier alpha value is -2.34. The lowest BCUT2D eigenvalue weighted by atomic mass is 10.1. The molecular formula is C16H22N6. The van der Waals surface area contributed by atoms with E-state index in [-0.39, 0.29) is 0 Å². The van der Waals surface area contributed by atoms with Gasteiger partial charge in [-0.15, -0.1) is 0 Å². The maximum absolute atomic E-state index is 5.85. The minimum absolute atomic E-state index is 0.653. The Morgan fingerprint density at radius 3 is 2.36 bits per heavy atom. The lowest BCUT2D eigenvalue weighted by molar-refractivity contribution is 0.260. The molecule has 0 spiro atoms. The van der Waals surface area contributed by atoms with Crippen molar-refractivity contribution in [1.82, 2.24) is 14.9 Å². The largest absolute Gasteiger partial charge is 0.397 e. The van der Waals surface area contributed by atoms with Crippen LogP contribution in [0, 0.1) is 0 Å². The Morgan fingerprint density at radius 2 is 1.68 bits per heavy atom. The van der Waals surface area contributed by atoms with Gasteiger partial charge in [-0.05, 0) is 30.2 Å². The molecule has 2 heterocycles. The third kappa shape index (κ3) is 3.46. The zero-order valence-corrected chi connectivity index (χ0v) is 12.7. The molecule has 116 valence electrons. The summed E-state index contributed by atoms with van der Waals surface area (Å²) in [5, 5.41) is 0. The van der Waals surface area contributed by atoms with Crippen LogP contribution in [0.2, 0.25) is 0 Å². The zero-order valence-electron chi connectivity index (χ0n) is 12.7. The number of rotatable bonds is 4. The van der Waals surface area contributed by atoms with Crippen molar-refractivity contribution in [2.45, 2.75) is 6.42 Å². The Bertz CT molecular complexity index is 607. The van der Waals surface area contributed by atoms with Gasteiger partial charge in [-0.25, -0.2) is 9.97 Å². The van der Waals surface area contributed by atoms with E-state index in [9.17, 15) is 0 Å². The standard InChI is InChI=1S/C16H22N6/c17-14-3-2-13(12-15(14)18)4-7-21-8-10-22(11-9-21)16-19-5-1-6-20-16/h1-3,5-6,12H,4,7-11,17-18H2. The molecule has 6 nitrogen and oxygen atoms in total. The SMILES string of the molecule is Nc1ccc(CCN2CCN(c3ncccn3)CC2)cc1N. The van der Waals surface area contributed by atoms with E-state index >= 15 is 0 Å². The molecule has 2 aromatic rings. The van der Waals surface area contributed by atoms with Crippen molar-refractivity contribution in [3.63, 3.8) is 0 Å². The van der Waals surface area contributed by atoms with Crippen LogP contribution in [0.5, 0.6) is 0 Å². The van der Waals surface area contributed by atoms with Crippen LogP contribution >= 0.6 is 0 Å². The Labute approximate surface area is 130 Å². The fraction of sp³-hybridized carbons (Fsp3) is 0.375. The fourth-order valence-electron chi connectivity index (χ4n) is 2.69. The van der Waals surface area contributed by atoms with Gasteiger partial charge in [0.1, 0.15) is 0 Å². The summed E-state index contributed by atoms with van der Waals surface area (Å²) < 4.78 is 0. The van der Waals surface area contributed by atoms with E-state index in [1.165, 1.54) is 5.56 Å². The summed E-state index contributed by atoms with van der Waals surface area (Å²) in [6.07, 6.45) is 4.58. The predicted molar refractivity (Wildman–Crippen MR) is 89.7 cm³/mol. The first-order chi connectivity index (χ1) is 10.7. The van der Waals surface area contributed by atoms with Gasteiger partial charge in [0.05, 0.1) is 11.4 Å². The van der Waals surface area contributed by atoms with Gasteiger partial charge in [0.25, 0.3) is 0 Å². The highest BCUT2D eigenvalue weighted by Crippen LogP contribution is 2.17. The number of benzene rings is 1. The van der Waals surface area contributed by atoms with Crippen molar-refractivity contribution in [2.24, 2.45) is 0 Å². The summed E-state index contributed by atoms with van der Waals surface area (Å²) in [5.74, 6) is 0.827. The molecule has 22 heavy (non-hydrogen) atoms. The second kappa shape index (κ2) is 6.62. The number of anilines is 3. The Kier molecular flexibility index (Phi) is 4.39. The van der Waals surface area contributed by atoms with E-state index in [0.717, 1.165) is 45.1 Å². The number of nitrogens with zero attached hydrogens (tertiary/aromatic N) is 4. The summed E-state index contributed by atoms with van der Waals surface area (Å²) in [6.45, 7) is 5.03. The van der Waals surface area contributed by atoms with Crippen LogP contribution in [-0.2, 0) is 6.42 Å². The van der Waals surface area contributed by atoms with Gasteiger partial charge in [0, 0.05) is 45.1 Å². The van der Waals surface area contributed by atoms with E-state index in [2.05, 4.69) is 25.8 Å². The molecule has 0 atom stereocenters. The quantitative estimate of drug-likeness (QED) is 0.819. The van der Waals surface area contributed by atoms with E-state index < -0.39 is 0 Å². The lowest BCUT2D eigenvalue weighted by Crippen LogP contribution is -2.47. The minimum Gasteiger partial charge on any atom is -0.397 e. The number of hydrogen-bond acceptors (Lipinski definition) is 6. The average Bonchev–Trinajstić information content (AvgIpc) is 2.57. The predicted octanol–water partition coefficient (Wildman–Crippen LogP) is 1.01. The summed E-state index contributed by atoms with van der Waals surface area (Å²) in [7, 11) is 0. The maximum atomic E-state index is 5.85. The molecule has 0 aliphatic carbocycles. The molecule has 0 bridgehead atoms. The third-order valence-corrected chi connectivity index (χ3v) is 4.08. The van der Waals surface area contributed by atoms with Crippen LogP contribution < -0.4 is 16.4 Å². The summed E-state index contributed by atoms with van der Waals surface area (Å²) in [4.78, 5) is 13.3. The molecule has 0 saturated carbocycles. The van der Waals surface area contributed by atoms with Crippen molar-refractivity contribution in [3.05, 3.63) is 42.2 Å². The topological polar surface area (TPSA) is 84.3 Å². The molecule has 6 heteroatoms. The van der Waals surface area contributed by atoms with E-state index in [1.807, 2.05) is 18.2 Å². The summed E-state index contributed by atoms with van der Waals surface area (Å²) >= 11 is 0. The molecule has 1 saturated heterocycles. The molecule has 3 rings (SSSR count). The van der Waals surface area contributed by atoms with Crippen LogP contribution in [0.25, 0.3) is 0 Å². The van der Waals surface area contributed by atoms with Gasteiger partial charge < -0.3 is 16.4 Å². The molecule has 4 N–H and O–H groups in total. The van der Waals surface area contributed by atoms with Crippen molar-refractivity contribution in [1.29, 1.82) is 0 Å². The van der Waals surface area contributed by atoms with Gasteiger partial charge in [-0.3, -0.25) is 4.90 Å². The van der Waals surface area contributed by atoms with Gasteiger partial charge in [0.2, 0.25) is 5.95 Å². The van der Waals surface area contributed by atoms with Crippen LogP contribution in [0.3, 0.4) is 0 Å².